The van der Waals surface area contributed by atoms with Gasteiger partial charge in [0.2, 0.25) is 0 Å². The molecule has 0 atom stereocenters. The number of hydrogen-bond donors (Lipinski definition) is 1. The fourth-order valence-electron chi connectivity index (χ4n) is 0. The van der Waals surface area contributed by atoms with Crippen LogP contribution in [0.1, 0.15) is 13.8 Å². The summed E-state index contributed by atoms with van der Waals surface area (Å²) in [5, 5.41) is 8.14. The van der Waals surface area contributed by atoms with Gasteiger partial charge in [-0.3, -0.25) is 0 Å². The Kier molecular flexibility index (Phi) is 46.3. The zero-order valence-corrected chi connectivity index (χ0v) is 6.39. The van der Waals surface area contributed by atoms with E-state index in [2.05, 4.69) is 0 Å². The van der Waals surface area contributed by atoms with Crippen LogP contribution in [0.15, 0.2) is 0 Å². The third kappa shape index (κ3) is 31.8. The molecule has 0 aromatic heterocycles. The minimum Gasteiger partial charge on any atom is -2.00 e. The SMILES string of the molecule is CC(C)CO.[O-2].[O-2].[V+4]. The molecule has 0 fully saturated rings. The van der Waals surface area contributed by atoms with Gasteiger partial charge < -0.3 is 16.1 Å². The summed E-state index contributed by atoms with van der Waals surface area (Å²) < 4.78 is 0. The molecule has 0 saturated heterocycles. The number of hydrogen-bond acceptors (Lipinski definition) is 1. The van der Waals surface area contributed by atoms with Crippen molar-refractivity contribution in [2.45, 2.75) is 13.8 Å². The molecule has 0 unspecified atom stereocenters. The van der Waals surface area contributed by atoms with E-state index in [9.17, 15) is 0 Å². The first-order valence-corrected chi connectivity index (χ1v) is 1.88. The maximum absolute atomic E-state index is 8.14. The number of rotatable bonds is 1. The molecular formula is C4H10O3V. The van der Waals surface area contributed by atoms with Gasteiger partial charge in [0.1, 0.15) is 0 Å². The molecule has 0 aromatic rings. The van der Waals surface area contributed by atoms with E-state index in [0.717, 1.165) is 0 Å². The van der Waals surface area contributed by atoms with Crippen LogP contribution in [0.2, 0.25) is 0 Å². The van der Waals surface area contributed by atoms with Crippen LogP contribution in [0.5, 0.6) is 0 Å². The van der Waals surface area contributed by atoms with Crippen molar-refractivity contribution in [3.8, 4) is 0 Å². The average molecular weight is 157 g/mol. The Morgan fingerprint density at radius 2 is 1.38 bits per heavy atom. The van der Waals surface area contributed by atoms with Crippen LogP contribution < -0.4 is 0 Å². The van der Waals surface area contributed by atoms with Crippen LogP contribution in [0.4, 0.5) is 0 Å². The largest absolute Gasteiger partial charge is 4.00 e. The average Bonchev–Trinajstić information content (AvgIpc) is 1.38. The zero-order chi connectivity index (χ0) is 4.28. The predicted octanol–water partition coefficient (Wildman–Crippen LogP) is 0.395. The molecule has 0 saturated carbocycles. The molecule has 3 nitrogen and oxygen atoms in total. The third-order valence-electron chi connectivity index (χ3n) is 0.365. The van der Waals surface area contributed by atoms with Crippen LogP contribution in [0.3, 0.4) is 0 Å². The minimum atomic E-state index is 0. The Balaban J connectivity index is -0.0000000267. The van der Waals surface area contributed by atoms with Gasteiger partial charge in [0.15, 0.2) is 0 Å². The molecule has 0 spiro atoms. The third-order valence-corrected chi connectivity index (χ3v) is 0.365. The van der Waals surface area contributed by atoms with Crippen molar-refractivity contribution in [2.24, 2.45) is 5.92 Å². The molecule has 0 rings (SSSR count). The summed E-state index contributed by atoms with van der Waals surface area (Å²) in [4.78, 5) is 0. The Bertz CT molecular complexity index is 25.2. The van der Waals surface area contributed by atoms with Gasteiger partial charge in [-0.1, -0.05) is 13.8 Å². The van der Waals surface area contributed by atoms with E-state index < -0.39 is 0 Å². The molecule has 0 heterocycles. The molecule has 1 radical (unpaired) electrons. The fourth-order valence-corrected chi connectivity index (χ4v) is 0. The van der Waals surface area contributed by atoms with Crippen molar-refractivity contribution < 1.29 is 34.6 Å². The minimum absolute atomic E-state index is 0. The van der Waals surface area contributed by atoms with Crippen LogP contribution in [-0.4, -0.2) is 11.7 Å². The van der Waals surface area contributed by atoms with Crippen LogP contribution in [0.25, 0.3) is 0 Å². The normalized spacial score (nSPS) is 6.00. The van der Waals surface area contributed by atoms with Crippen molar-refractivity contribution in [3.05, 3.63) is 0 Å². The van der Waals surface area contributed by atoms with Gasteiger partial charge in [-0.05, 0) is 5.92 Å². The Morgan fingerprint density at radius 1 is 1.25 bits per heavy atom. The van der Waals surface area contributed by atoms with E-state index in [1.54, 1.807) is 0 Å². The van der Waals surface area contributed by atoms with Gasteiger partial charge in [0.25, 0.3) is 0 Å². The molecule has 0 amide bonds. The second kappa shape index (κ2) is 15.7. The molecule has 0 bridgehead atoms. The first kappa shape index (κ1) is 23.7. The van der Waals surface area contributed by atoms with Crippen LogP contribution in [-0.2, 0) is 29.5 Å². The Labute approximate surface area is 61.6 Å². The fraction of sp³-hybridized carbons (Fsp3) is 1.00. The number of aliphatic hydroxyl groups excluding tert-OH is 1. The van der Waals surface area contributed by atoms with E-state index in [0.29, 0.717) is 12.5 Å². The monoisotopic (exact) mass is 157 g/mol. The van der Waals surface area contributed by atoms with Gasteiger partial charge in [0.05, 0.1) is 0 Å². The summed E-state index contributed by atoms with van der Waals surface area (Å²) in [5.74, 6) is 0.440. The maximum atomic E-state index is 8.14. The van der Waals surface area contributed by atoms with E-state index in [1.807, 2.05) is 13.8 Å². The molecule has 49 valence electrons. The first-order valence-electron chi connectivity index (χ1n) is 1.88. The summed E-state index contributed by atoms with van der Waals surface area (Å²) in [6, 6.07) is 0. The summed E-state index contributed by atoms with van der Waals surface area (Å²) in [6.07, 6.45) is 0. The molecule has 0 aliphatic carbocycles. The van der Waals surface area contributed by atoms with Gasteiger partial charge in [-0.15, -0.1) is 0 Å². The van der Waals surface area contributed by atoms with Crippen LogP contribution >= 0.6 is 0 Å². The van der Waals surface area contributed by atoms with Gasteiger partial charge in [0, 0.05) is 6.61 Å². The Morgan fingerprint density at radius 3 is 1.38 bits per heavy atom. The molecular weight excluding hydrogens is 147 g/mol. The molecule has 0 aromatic carbocycles. The van der Waals surface area contributed by atoms with E-state index in [-0.39, 0.29) is 29.5 Å². The molecule has 4 heteroatoms. The first-order chi connectivity index (χ1) is 2.27. The Hall–Kier alpha value is 0.464. The molecule has 0 aliphatic heterocycles. The van der Waals surface area contributed by atoms with E-state index in [4.69, 9.17) is 5.11 Å². The maximum Gasteiger partial charge on any atom is 4.00 e. The van der Waals surface area contributed by atoms with Crippen molar-refractivity contribution in [2.75, 3.05) is 6.61 Å². The predicted molar refractivity (Wildman–Crippen MR) is 23.3 cm³/mol. The summed E-state index contributed by atoms with van der Waals surface area (Å²) in [5.41, 5.74) is 0. The van der Waals surface area contributed by atoms with Crippen molar-refractivity contribution >= 4 is 0 Å². The quantitative estimate of drug-likeness (QED) is 0.587. The van der Waals surface area contributed by atoms with Gasteiger partial charge >= 0.3 is 18.6 Å². The van der Waals surface area contributed by atoms with Gasteiger partial charge in [-0.2, -0.15) is 0 Å². The van der Waals surface area contributed by atoms with Crippen molar-refractivity contribution in [3.63, 3.8) is 0 Å². The second-order valence-corrected chi connectivity index (χ2v) is 1.58. The standard InChI is InChI=1S/C4H10O.2O.V/c1-4(2)3-5;;;/h4-5H,3H2,1-2H3;;;/q;2*-2;+4. The number of aliphatic hydroxyl groups is 1. The van der Waals surface area contributed by atoms with E-state index in [1.165, 1.54) is 0 Å². The summed E-state index contributed by atoms with van der Waals surface area (Å²) in [6.45, 7) is 4.25. The van der Waals surface area contributed by atoms with Crippen LogP contribution in [0, 0.1) is 5.92 Å². The van der Waals surface area contributed by atoms with Crippen molar-refractivity contribution in [1.82, 2.24) is 0 Å². The second-order valence-electron chi connectivity index (χ2n) is 1.58. The summed E-state index contributed by atoms with van der Waals surface area (Å²) >= 11 is 0. The molecule has 8 heavy (non-hydrogen) atoms. The van der Waals surface area contributed by atoms with Gasteiger partial charge in [-0.25, -0.2) is 0 Å². The van der Waals surface area contributed by atoms with E-state index >= 15 is 0 Å². The topological polar surface area (TPSA) is 77.2 Å². The smallest absolute Gasteiger partial charge is 2.00 e. The van der Waals surface area contributed by atoms with Crippen molar-refractivity contribution in [1.29, 1.82) is 0 Å². The molecule has 1 N–H and O–H groups in total. The summed E-state index contributed by atoms with van der Waals surface area (Å²) in [7, 11) is 0. The molecule has 0 aliphatic rings. The zero-order valence-electron chi connectivity index (χ0n) is 5.00.